The van der Waals surface area contributed by atoms with Crippen LogP contribution in [-0.4, -0.2) is 28.6 Å². The Labute approximate surface area is 132 Å². The molecule has 2 aromatic rings. The largest absolute Gasteiger partial charge is 0.478 e. The lowest BCUT2D eigenvalue weighted by atomic mass is 10.0. The molecule has 0 saturated carbocycles. The number of carbonyl (C=O) groups excluding carboxylic acids is 1. The predicted octanol–water partition coefficient (Wildman–Crippen LogP) is 2.67. The Morgan fingerprint density at radius 2 is 1.91 bits per heavy atom. The molecule has 23 heavy (non-hydrogen) atoms. The van der Waals surface area contributed by atoms with Gasteiger partial charge in [0.1, 0.15) is 5.69 Å². The molecule has 0 atom stereocenters. The third-order valence-corrected chi connectivity index (χ3v) is 3.30. The van der Waals surface area contributed by atoms with Gasteiger partial charge in [0, 0.05) is 6.20 Å². The summed E-state index contributed by atoms with van der Waals surface area (Å²) in [5.74, 6) is -6.07. The molecule has 1 aromatic carbocycles. The Bertz CT molecular complexity index is 856. The fourth-order valence-corrected chi connectivity index (χ4v) is 2.21. The third-order valence-electron chi connectivity index (χ3n) is 3.09. The van der Waals surface area contributed by atoms with Gasteiger partial charge in [-0.25, -0.2) is 9.18 Å². The van der Waals surface area contributed by atoms with Crippen molar-refractivity contribution in [3.05, 3.63) is 51.8 Å². The summed E-state index contributed by atoms with van der Waals surface area (Å²) in [6.07, 6.45) is 1.03. The quantitative estimate of drug-likeness (QED) is 0.864. The maximum atomic E-state index is 14.1. The highest BCUT2D eigenvalue weighted by Crippen LogP contribution is 2.38. The highest BCUT2D eigenvalue weighted by molar-refractivity contribution is 6.31. The number of fused-ring (bicyclic) bond motifs is 1. The van der Waals surface area contributed by atoms with Gasteiger partial charge in [-0.15, -0.1) is 0 Å². The maximum absolute atomic E-state index is 14.1. The summed E-state index contributed by atoms with van der Waals surface area (Å²) in [6, 6.07) is 1.93. The second-order valence-electron chi connectivity index (χ2n) is 4.47. The number of hydrogen-bond donors (Lipinski definition) is 1. The van der Waals surface area contributed by atoms with Crippen LogP contribution in [0, 0.1) is 11.6 Å². The van der Waals surface area contributed by atoms with E-state index < -0.39 is 46.0 Å². The van der Waals surface area contributed by atoms with Gasteiger partial charge in [-0.05, 0) is 12.1 Å². The van der Waals surface area contributed by atoms with Crippen LogP contribution in [0.1, 0.15) is 26.4 Å². The van der Waals surface area contributed by atoms with Gasteiger partial charge in [0.15, 0.2) is 11.6 Å². The summed E-state index contributed by atoms with van der Waals surface area (Å²) in [6.45, 7) is -0.317. The van der Waals surface area contributed by atoms with E-state index in [1.165, 1.54) is 0 Å². The Hall–Kier alpha value is -2.74. The van der Waals surface area contributed by atoms with Crippen LogP contribution in [0.2, 0.25) is 5.02 Å². The summed E-state index contributed by atoms with van der Waals surface area (Å²) in [5.41, 5.74) is -1.82. The molecule has 0 saturated heterocycles. The second-order valence-corrected chi connectivity index (χ2v) is 4.91. The van der Waals surface area contributed by atoms with Crippen LogP contribution < -0.4 is 9.47 Å². The van der Waals surface area contributed by atoms with Gasteiger partial charge < -0.3 is 14.6 Å². The first-order valence-corrected chi connectivity index (χ1v) is 6.49. The highest BCUT2D eigenvalue weighted by Gasteiger charge is 2.30. The fourth-order valence-electron chi connectivity index (χ4n) is 2.06. The normalized spacial score (nSPS) is 12.3. The fraction of sp³-hybridized carbons (Fsp3) is 0.0714. The number of carbonyl (C=O) groups is 2. The van der Waals surface area contributed by atoms with E-state index in [-0.39, 0.29) is 17.6 Å². The van der Waals surface area contributed by atoms with Crippen LogP contribution in [0.5, 0.6) is 11.5 Å². The number of pyridine rings is 1. The van der Waals surface area contributed by atoms with E-state index in [0.717, 1.165) is 18.3 Å². The Balaban J connectivity index is 2.16. The summed E-state index contributed by atoms with van der Waals surface area (Å²) in [5, 5.41) is 9.08. The van der Waals surface area contributed by atoms with E-state index in [0.29, 0.717) is 0 Å². The molecule has 0 fully saturated rings. The molecule has 6 nitrogen and oxygen atoms in total. The first kappa shape index (κ1) is 15.2. The number of carboxylic acid groups (broad SMARTS) is 1. The van der Waals surface area contributed by atoms with Crippen LogP contribution >= 0.6 is 11.6 Å². The minimum absolute atomic E-state index is 0.0173. The van der Waals surface area contributed by atoms with Gasteiger partial charge in [0.25, 0.3) is 0 Å². The van der Waals surface area contributed by atoms with E-state index in [1.807, 2.05) is 0 Å². The molecule has 1 aliphatic rings. The molecule has 0 radical (unpaired) electrons. The number of halogens is 3. The lowest BCUT2D eigenvalue weighted by Gasteiger charge is -2.08. The lowest BCUT2D eigenvalue weighted by Crippen LogP contribution is -2.14. The Morgan fingerprint density at radius 1 is 1.17 bits per heavy atom. The number of rotatable bonds is 3. The van der Waals surface area contributed by atoms with Crippen molar-refractivity contribution in [3.8, 4) is 11.5 Å². The number of nitrogens with zero attached hydrogens (tertiary/aromatic N) is 1. The topological polar surface area (TPSA) is 85.7 Å². The number of aromatic carboxylic acids is 1. The molecular formula is C14H6ClF2NO5. The molecule has 0 bridgehead atoms. The van der Waals surface area contributed by atoms with Gasteiger partial charge in [0.2, 0.25) is 24.1 Å². The van der Waals surface area contributed by atoms with Crippen molar-refractivity contribution >= 4 is 23.4 Å². The van der Waals surface area contributed by atoms with E-state index in [2.05, 4.69) is 4.98 Å². The molecule has 1 aromatic heterocycles. The van der Waals surface area contributed by atoms with Crippen molar-refractivity contribution in [2.24, 2.45) is 0 Å². The van der Waals surface area contributed by atoms with E-state index in [4.69, 9.17) is 26.2 Å². The minimum atomic E-state index is -1.48. The molecule has 1 N–H and O–H groups in total. The number of ether oxygens (including phenoxy) is 2. The van der Waals surface area contributed by atoms with E-state index in [1.54, 1.807) is 0 Å². The molecule has 1 aliphatic heterocycles. The monoisotopic (exact) mass is 341 g/mol. The first-order chi connectivity index (χ1) is 10.9. The Morgan fingerprint density at radius 3 is 2.61 bits per heavy atom. The van der Waals surface area contributed by atoms with Crippen LogP contribution in [0.4, 0.5) is 8.78 Å². The van der Waals surface area contributed by atoms with Gasteiger partial charge in [0.05, 0.1) is 16.1 Å². The van der Waals surface area contributed by atoms with Crippen LogP contribution in [0.15, 0.2) is 18.3 Å². The second kappa shape index (κ2) is 5.47. The summed E-state index contributed by atoms with van der Waals surface area (Å²) in [4.78, 5) is 27.2. The molecule has 118 valence electrons. The minimum Gasteiger partial charge on any atom is -0.478 e. The van der Waals surface area contributed by atoms with Gasteiger partial charge in [-0.1, -0.05) is 11.6 Å². The first-order valence-electron chi connectivity index (χ1n) is 6.11. The molecule has 0 spiro atoms. The SMILES string of the molecule is O=C(O)c1cc(Cl)cnc1C(=O)c1cc2c(c(F)c1F)OCO2. The zero-order valence-electron chi connectivity index (χ0n) is 11.1. The molecule has 0 unspecified atom stereocenters. The average molecular weight is 342 g/mol. The molecular weight excluding hydrogens is 336 g/mol. The molecule has 0 aliphatic carbocycles. The molecule has 2 heterocycles. The highest BCUT2D eigenvalue weighted by atomic mass is 35.5. The zero-order valence-corrected chi connectivity index (χ0v) is 11.9. The number of hydrogen-bond acceptors (Lipinski definition) is 5. The van der Waals surface area contributed by atoms with E-state index >= 15 is 0 Å². The van der Waals surface area contributed by atoms with Crippen molar-refractivity contribution < 1.29 is 33.0 Å². The van der Waals surface area contributed by atoms with Crippen molar-refractivity contribution in [3.63, 3.8) is 0 Å². The predicted molar refractivity (Wildman–Crippen MR) is 72.1 cm³/mol. The van der Waals surface area contributed by atoms with Gasteiger partial charge in [-0.3, -0.25) is 9.78 Å². The molecule has 3 rings (SSSR count). The van der Waals surface area contributed by atoms with Gasteiger partial charge >= 0.3 is 5.97 Å². The van der Waals surface area contributed by atoms with Crippen LogP contribution in [0.3, 0.4) is 0 Å². The zero-order chi connectivity index (χ0) is 16.7. The molecule has 9 heteroatoms. The van der Waals surface area contributed by atoms with Crippen molar-refractivity contribution in [1.29, 1.82) is 0 Å². The number of carboxylic acids is 1. The summed E-state index contributed by atoms with van der Waals surface area (Å²) < 4.78 is 37.6. The van der Waals surface area contributed by atoms with Crippen LogP contribution in [-0.2, 0) is 0 Å². The maximum Gasteiger partial charge on any atom is 0.338 e. The van der Waals surface area contributed by atoms with E-state index in [9.17, 15) is 18.4 Å². The average Bonchev–Trinajstić information content (AvgIpc) is 2.98. The molecule has 0 amide bonds. The number of benzene rings is 1. The smallest absolute Gasteiger partial charge is 0.338 e. The van der Waals surface area contributed by atoms with Crippen molar-refractivity contribution in [2.75, 3.05) is 6.79 Å². The standard InChI is InChI=1S/C14H6ClF2NO5/c15-5-1-7(14(20)21)11(18-3-5)12(19)6-2-8-13(23-4-22-8)10(17)9(6)16/h1-3H,4H2,(H,20,21). The van der Waals surface area contributed by atoms with Crippen molar-refractivity contribution in [2.45, 2.75) is 0 Å². The van der Waals surface area contributed by atoms with Crippen LogP contribution in [0.25, 0.3) is 0 Å². The lowest BCUT2D eigenvalue weighted by molar-refractivity contribution is 0.0692. The number of aromatic nitrogens is 1. The van der Waals surface area contributed by atoms with Gasteiger partial charge in [-0.2, -0.15) is 4.39 Å². The number of ketones is 1. The summed E-state index contributed by atoms with van der Waals surface area (Å²) in [7, 11) is 0. The summed E-state index contributed by atoms with van der Waals surface area (Å²) >= 11 is 5.64. The Kier molecular flexibility index (Phi) is 3.61. The third kappa shape index (κ3) is 2.46. The van der Waals surface area contributed by atoms with Crippen molar-refractivity contribution in [1.82, 2.24) is 4.98 Å².